The first-order valence-corrected chi connectivity index (χ1v) is 10.5. The van der Waals surface area contributed by atoms with Crippen LogP contribution in [0, 0.1) is 5.92 Å². The van der Waals surface area contributed by atoms with Gasteiger partial charge in [-0.25, -0.2) is 0 Å². The molecule has 1 saturated heterocycles. The maximum atomic E-state index is 13.1. The summed E-state index contributed by atoms with van der Waals surface area (Å²) in [5.74, 6) is 0.0975. The Labute approximate surface area is 177 Å². The van der Waals surface area contributed by atoms with Crippen molar-refractivity contribution in [2.45, 2.75) is 19.4 Å². The van der Waals surface area contributed by atoms with Crippen LogP contribution in [0.5, 0.6) is 0 Å². The fourth-order valence-electron chi connectivity index (χ4n) is 4.18. The summed E-state index contributed by atoms with van der Waals surface area (Å²) in [6.07, 6.45) is 5.23. The SMILES string of the molecule is CN(CC(=O)N1CCC[C@H](C(=O)c2ccc3ccccc3c2)C1)Cc1ccncc1. The molecular weight excluding hydrogens is 374 g/mol. The third kappa shape index (κ3) is 4.74. The summed E-state index contributed by atoms with van der Waals surface area (Å²) >= 11 is 0. The fraction of sp³-hybridized carbons (Fsp3) is 0.320. The second kappa shape index (κ2) is 9.18. The zero-order chi connectivity index (χ0) is 20.9. The van der Waals surface area contributed by atoms with E-state index in [2.05, 4.69) is 4.98 Å². The van der Waals surface area contributed by atoms with Crippen LogP contribution in [-0.2, 0) is 11.3 Å². The average Bonchev–Trinajstić information content (AvgIpc) is 2.79. The number of hydrogen-bond acceptors (Lipinski definition) is 4. The van der Waals surface area contributed by atoms with Crippen LogP contribution < -0.4 is 0 Å². The van der Waals surface area contributed by atoms with Gasteiger partial charge in [-0.05, 0) is 54.4 Å². The minimum atomic E-state index is -0.130. The van der Waals surface area contributed by atoms with Gasteiger partial charge in [-0.15, -0.1) is 0 Å². The molecule has 2 heterocycles. The number of pyridine rings is 1. The Morgan fingerprint density at radius 2 is 1.83 bits per heavy atom. The lowest BCUT2D eigenvalue weighted by molar-refractivity contribution is -0.133. The Kier molecular flexibility index (Phi) is 6.19. The smallest absolute Gasteiger partial charge is 0.236 e. The summed E-state index contributed by atoms with van der Waals surface area (Å²) in [4.78, 5) is 33.9. The molecule has 0 spiro atoms. The molecule has 1 aliphatic heterocycles. The highest BCUT2D eigenvalue weighted by Gasteiger charge is 2.29. The molecule has 1 fully saturated rings. The summed E-state index contributed by atoms with van der Waals surface area (Å²) < 4.78 is 0. The van der Waals surface area contributed by atoms with Crippen LogP contribution in [0.4, 0.5) is 0 Å². The molecule has 3 aromatic rings. The van der Waals surface area contributed by atoms with Crippen molar-refractivity contribution in [3.05, 3.63) is 78.1 Å². The Hall–Kier alpha value is -3.05. The lowest BCUT2D eigenvalue weighted by atomic mass is 9.89. The Morgan fingerprint density at radius 1 is 1.07 bits per heavy atom. The van der Waals surface area contributed by atoms with Gasteiger partial charge in [0, 0.05) is 43.5 Å². The quantitative estimate of drug-likeness (QED) is 0.590. The molecular formula is C25H27N3O2. The number of carbonyl (C=O) groups is 2. The average molecular weight is 402 g/mol. The van der Waals surface area contributed by atoms with E-state index >= 15 is 0 Å². The van der Waals surface area contributed by atoms with Crippen molar-refractivity contribution in [1.82, 2.24) is 14.8 Å². The van der Waals surface area contributed by atoms with Gasteiger partial charge in [0.2, 0.25) is 5.91 Å². The lowest BCUT2D eigenvalue weighted by Crippen LogP contribution is -2.45. The Bertz CT molecular complexity index is 1030. The van der Waals surface area contributed by atoms with E-state index in [1.54, 1.807) is 12.4 Å². The molecule has 2 aromatic carbocycles. The minimum Gasteiger partial charge on any atom is -0.341 e. The topological polar surface area (TPSA) is 53.5 Å². The molecule has 1 atom stereocenters. The van der Waals surface area contributed by atoms with E-state index in [9.17, 15) is 9.59 Å². The first kappa shape index (κ1) is 20.2. The van der Waals surface area contributed by atoms with Crippen LogP contribution in [0.2, 0.25) is 0 Å². The summed E-state index contributed by atoms with van der Waals surface area (Å²) in [5, 5.41) is 2.21. The Balaban J connectivity index is 1.38. The number of fused-ring (bicyclic) bond motifs is 1. The van der Waals surface area contributed by atoms with Crippen LogP contribution in [-0.4, -0.2) is 53.2 Å². The second-order valence-corrected chi connectivity index (χ2v) is 8.13. The van der Waals surface area contributed by atoms with Gasteiger partial charge >= 0.3 is 0 Å². The number of piperidine rings is 1. The predicted molar refractivity (Wildman–Crippen MR) is 118 cm³/mol. The second-order valence-electron chi connectivity index (χ2n) is 8.13. The van der Waals surface area contributed by atoms with Crippen molar-refractivity contribution in [3.63, 3.8) is 0 Å². The largest absolute Gasteiger partial charge is 0.341 e. The van der Waals surface area contributed by atoms with E-state index in [0.29, 0.717) is 19.6 Å². The van der Waals surface area contributed by atoms with Crippen LogP contribution >= 0.6 is 0 Å². The molecule has 0 bridgehead atoms. The van der Waals surface area contributed by atoms with Gasteiger partial charge in [-0.2, -0.15) is 0 Å². The minimum absolute atomic E-state index is 0.0857. The predicted octanol–water partition coefficient (Wildman–Crippen LogP) is 3.79. The number of likely N-dealkylation sites (N-methyl/N-ethyl adjacent to an activating group) is 1. The molecule has 5 nitrogen and oxygen atoms in total. The highest BCUT2D eigenvalue weighted by atomic mass is 16.2. The molecule has 0 unspecified atom stereocenters. The van der Waals surface area contributed by atoms with E-state index in [1.165, 1.54) is 0 Å². The van der Waals surface area contributed by atoms with Gasteiger partial charge in [0.25, 0.3) is 0 Å². The van der Waals surface area contributed by atoms with Crippen LogP contribution in [0.3, 0.4) is 0 Å². The van der Waals surface area contributed by atoms with Gasteiger partial charge in [-0.1, -0.05) is 36.4 Å². The number of likely N-dealkylation sites (tertiary alicyclic amines) is 1. The van der Waals surface area contributed by atoms with E-state index in [0.717, 1.165) is 41.3 Å². The number of aromatic nitrogens is 1. The first-order chi connectivity index (χ1) is 14.6. The van der Waals surface area contributed by atoms with E-state index in [4.69, 9.17) is 0 Å². The lowest BCUT2D eigenvalue weighted by Gasteiger charge is -2.33. The Morgan fingerprint density at radius 3 is 2.63 bits per heavy atom. The molecule has 154 valence electrons. The highest BCUT2D eigenvalue weighted by Crippen LogP contribution is 2.24. The van der Waals surface area contributed by atoms with Gasteiger partial charge in [-0.3, -0.25) is 19.5 Å². The number of carbonyl (C=O) groups excluding carboxylic acids is 2. The third-order valence-electron chi connectivity index (χ3n) is 5.79. The molecule has 1 aliphatic rings. The molecule has 0 radical (unpaired) electrons. The highest BCUT2D eigenvalue weighted by molar-refractivity contribution is 6.01. The molecule has 1 amide bonds. The zero-order valence-corrected chi connectivity index (χ0v) is 17.3. The molecule has 4 rings (SSSR count). The fourth-order valence-corrected chi connectivity index (χ4v) is 4.18. The monoisotopic (exact) mass is 401 g/mol. The summed E-state index contributed by atoms with van der Waals surface area (Å²) in [6.45, 7) is 2.28. The van der Waals surface area contributed by atoms with E-state index in [1.807, 2.05) is 71.4 Å². The standard InChI is InChI=1S/C25H27N3O2/c1-27(16-19-10-12-26-13-11-19)18-24(29)28-14-4-7-23(17-28)25(30)22-9-8-20-5-2-3-6-21(20)15-22/h2-3,5-6,8-13,15,23H,4,7,14,16-18H2,1H3/t23-/m0/s1. The first-order valence-electron chi connectivity index (χ1n) is 10.5. The number of Topliss-reactive ketones (excluding diaryl/α,β-unsaturated/α-hetero) is 1. The zero-order valence-electron chi connectivity index (χ0n) is 17.3. The number of hydrogen-bond donors (Lipinski definition) is 0. The van der Waals surface area contributed by atoms with Gasteiger partial charge in [0.1, 0.15) is 0 Å². The van der Waals surface area contributed by atoms with Crippen molar-refractivity contribution in [2.75, 3.05) is 26.7 Å². The number of ketones is 1. The van der Waals surface area contributed by atoms with Crippen LogP contribution in [0.25, 0.3) is 10.8 Å². The van der Waals surface area contributed by atoms with Gasteiger partial charge in [0.05, 0.1) is 6.54 Å². The third-order valence-corrected chi connectivity index (χ3v) is 5.79. The molecule has 30 heavy (non-hydrogen) atoms. The molecule has 1 aromatic heterocycles. The summed E-state index contributed by atoms with van der Waals surface area (Å²) in [5.41, 5.74) is 1.87. The van der Waals surface area contributed by atoms with Crippen molar-refractivity contribution < 1.29 is 9.59 Å². The molecule has 5 heteroatoms. The molecule has 0 aliphatic carbocycles. The van der Waals surface area contributed by atoms with Gasteiger partial charge in [0.15, 0.2) is 5.78 Å². The van der Waals surface area contributed by atoms with E-state index < -0.39 is 0 Å². The summed E-state index contributed by atoms with van der Waals surface area (Å²) in [6, 6.07) is 17.9. The number of rotatable bonds is 6. The van der Waals surface area contributed by atoms with Crippen molar-refractivity contribution in [1.29, 1.82) is 0 Å². The van der Waals surface area contributed by atoms with Crippen LogP contribution in [0.1, 0.15) is 28.8 Å². The van der Waals surface area contributed by atoms with Crippen molar-refractivity contribution in [3.8, 4) is 0 Å². The molecule has 0 N–H and O–H groups in total. The normalized spacial score (nSPS) is 16.7. The summed E-state index contributed by atoms with van der Waals surface area (Å²) in [7, 11) is 1.94. The number of nitrogens with zero attached hydrogens (tertiary/aromatic N) is 3. The number of benzene rings is 2. The molecule has 0 saturated carbocycles. The van der Waals surface area contributed by atoms with Crippen molar-refractivity contribution in [2.24, 2.45) is 5.92 Å². The van der Waals surface area contributed by atoms with E-state index in [-0.39, 0.29) is 17.6 Å². The maximum absolute atomic E-state index is 13.1. The van der Waals surface area contributed by atoms with Crippen molar-refractivity contribution >= 4 is 22.5 Å². The van der Waals surface area contributed by atoms with Crippen LogP contribution in [0.15, 0.2) is 67.0 Å². The maximum Gasteiger partial charge on any atom is 0.236 e. The number of amides is 1. The van der Waals surface area contributed by atoms with Gasteiger partial charge < -0.3 is 4.90 Å².